The average molecular weight is 516 g/mol. The van der Waals surface area contributed by atoms with Gasteiger partial charge in [-0.15, -0.1) is 0 Å². The largest absolute Gasteiger partial charge is 0.457 e. The van der Waals surface area contributed by atoms with Crippen molar-refractivity contribution in [2.24, 2.45) is 0 Å². The second-order valence-corrected chi connectivity index (χ2v) is 14.1. The van der Waals surface area contributed by atoms with Crippen LogP contribution in [-0.2, 0) is 4.57 Å². The molecule has 1 saturated carbocycles. The van der Waals surface area contributed by atoms with Crippen LogP contribution in [0.25, 0.3) is 22.2 Å². The van der Waals surface area contributed by atoms with Gasteiger partial charge in [-0.3, -0.25) is 4.90 Å². The monoisotopic (exact) mass is 515 g/mol. The lowest BCUT2D eigenvalue weighted by molar-refractivity contribution is 0.148. The number of aromatic nitrogens is 3. The van der Waals surface area contributed by atoms with Gasteiger partial charge in [0.25, 0.3) is 0 Å². The van der Waals surface area contributed by atoms with E-state index >= 15 is 0 Å². The number of hydrogen-bond acceptors (Lipinski definition) is 6. The number of nitrogens with zero attached hydrogens (tertiary/aromatic N) is 4. The van der Waals surface area contributed by atoms with E-state index in [1.165, 1.54) is 0 Å². The van der Waals surface area contributed by atoms with Crippen LogP contribution in [0.15, 0.2) is 67.1 Å². The smallest absolute Gasteiger partial charge is 0.146 e. The lowest BCUT2D eigenvalue weighted by atomic mass is 9.90. The summed E-state index contributed by atoms with van der Waals surface area (Å²) in [5, 5.41) is 0.913. The SMILES string of the molecule is CP1(=O)CCN([C@H]2CC[C@@H](n3cc(-c4ccc(Oc5ccccc5)cc4)c4c(N)ncnc43)CC2)CC1. The molecule has 2 aliphatic rings. The zero-order chi connectivity index (χ0) is 25.4. The summed E-state index contributed by atoms with van der Waals surface area (Å²) in [4.78, 5) is 11.6. The van der Waals surface area contributed by atoms with E-state index in [0.29, 0.717) is 17.9 Å². The molecular weight excluding hydrogens is 481 g/mol. The number of nitrogen functional groups attached to an aromatic ring is 1. The average Bonchev–Trinajstić information content (AvgIpc) is 3.31. The van der Waals surface area contributed by atoms with Crippen molar-refractivity contribution in [2.75, 3.05) is 37.8 Å². The first-order valence-corrected chi connectivity index (χ1v) is 15.7. The number of rotatable bonds is 5. The predicted octanol–water partition coefficient (Wildman–Crippen LogP) is 6.27. The van der Waals surface area contributed by atoms with Crippen molar-refractivity contribution in [1.82, 2.24) is 19.4 Å². The molecule has 2 fully saturated rings. The fraction of sp³-hybridized carbons (Fsp3) is 0.379. The molecule has 0 radical (unpaired) electrons. The Labute approximate surface area is 218 Å². The normalized spacial score (nSPS) is 22.2. The Morgan fingerprint density at radius 1 is 0.892 bits per heavy atom. The summed E-state index contributed by atoms with van der Waals surface area (Å²) in [5.74, 6) is 2.11. The van der Waals surface area contributed by atoms with E-state index in [0.717, 1.165) is 84.8 Å². The molecule has 3 heterocycles. The molecule has 37 heavy (non-hydrogen) atoms. The number of fused-ring (bicyclic) bond motifs is 1. The van der Waals surface area contributed by atoms with Crippen molar-refractivity contribution in [2.45, 2.75) is 37.8 Å². The predicted molar refractivity (Wildman–Crippen MR) is 150 cm³/mol. The first-order chi connectivity index (χ1) is 18.0. The summed E-state index contributed by atoms with van der Waals surface area (Å²) in [6.07, 6.45) is 10.0. The Morgan fingerprint density at radius 2 is 1.54 bits per heavy atom. The van der Waals surface area contributed by atoms with Gasteiger partial charge in [0.1, 0.15) is 29.3 Å². The Balaban J connectivity index is 1.23. The van der Waals surface area contributed by atoms with Crippen molar-refractivity contribution >= 4 is 24.0 Å². The Kier molecular flexibility index (Phi) is 6.51. The van der Waals surface area contributed by atoms with Gasteiger partial charge in [0.2, 0.25) is 0 Å². The number of nitrogens with two attached hydrogens (primary N) is 1. The fourth-order valence-corrected chi connectivity index (χ4v) is 7.49. The van der Waals surface area contributed by atoms with E-state index in [1.807, 2.05) is 49.1 Å². The molecule has 2 N–H and O–H groups in total. The second kappa shape index (κ2) is 9.96. The number of benzene rings is 2. The molecule has 4 aromatic rings. The number of ether oxygens (including phenoxy) is 1. The molecule has 1 aliphatic carbocycles. The van der Waals surface area contributed by atoms with E-state index in [4.69, 9.17) is 10.5 Å². The molecule has 2 aromatic heterocycles. The minimum absolute atomic E-state index is 0.379. The van der Waals surface area contributed by atoms with E-state index < -0.39 is 7.14 Å². The van der Waals surface area contributed by atoms with Gasteiger partial charge < -0.3 is 19.6 Å². The van der Waals surface area contributed by atoms with Gasteiger partial charge in [0.05, 0.1) is 12.5 Å². The highest BCUT2D eigenvalue weighted by atomic mass is 31.2. The van der Waals surface area contributed by atoms with Crippen LogP contribution in [-0.4, -0.2) is 57.6 Å². The topological polar surface area (TPSA) is 86.3 Å². The van der Waals surface area contributed by atoms with Crippen LogP contribution in [0.2, 0.25) is 0 Å². The van der Waals surface area contributed by atoms with Gasteiger partial charge in [-0.2, -0.15) is 0 Å². The second-order valence-electron chi connectivity index (χ2n) is 10.6. The first kappa shape index (κ1) is 24.2. The zero-order valence-corrected chi connectivity index (χ0v) is 22.2. The van der Waals surface area contributed by atoms with Gasteiger partial charge >= 0.3 is 0 Å². The highest BCUT2D eigenvalue weighted by Gasteiger charge is 2.32. The van der Waals surface area contributed by atoms with Gasteiger partial charge in [0.15, 0.2) is 0 Å². The van der Waals surface area contributed by atoms with Crippen molar-refractivity contribution in [3.63, 3.8) is 0 Å². The third kappa shape index (κ3) is 5.03. The number of hydrogen-bond donors (Lipinski definition) is 1. The third-order valence-corrected chi connectivity index (χ3v) is 10.4. The molecule has 6 rings (SSSR count). The summed E-state index contributed by atoms with van der Waals surface area (Å²) in [6, 6.07) is 18.9. The summed E-state index contributed by atoms with van der Waals surface area (Å²) >= 11 is 0. The molecule has 192 valence electrons. The third-order valence-electron chi connectivity index (χ3n) is 8.08. The lowest BCUT2D eigenvalue weighted by Crippen LogP contribution is -2.44. The maximum Gasteiger partial charge on any atom is 0.146 e. The lowest BCUT2D eigenvalue weighted by Gasteiger charge is -2.40. The summed E-state index contributed by atoms with van der Waals surface area (Å²) in [7, 11) is -1.89. The minimum atomic E-state index is -1.89. The molecule has 8 heteroatoms. The quantitative estimate of drug-likeness (QED) is 0.316. The van der Waals surface area contributed by atoms with Crippen molar-refractivity contribution in [1.29, 1.82) is 0 Å². The minimum Gasteiger partial charge on any atom is -0.457 e. The van der Waals surface area contributed by atoms with Gasteiger partial charge in [-0.05, 0) is 62.2 Å². The number of anilines is 1. The molecule has 0 unspecified atom stereocenters. The Bertz CT molecular complexity index is 1420. The Morgan fingerprint density at radius 3 is 2.24 bits per heavy atom. The molecule has 2 aromatic carbocycles. The molecule has 0 bridgehead atoms. The van der Waals surface area contributed by atoms with Gasteiger partial charge in [-0.1, -0.05) is 30.3 Å². The van der Waals surface area contributed by atoms with Crippen LogP contribution in [0.4, 0.5) is 5.82 Å². The summed E-state index contributed by atoms with van der Waals surface area (Å²) < 4.78 is 20.7. The van der Waals surface area contributed by atoms with E-state index in [-0.39, 0.29) is 0 Å². The highest BCUT2D eigenvalue weighted by molar-refractivity contribution is 7.63. The maximum atomic E-state index is 12.4. The molecule has 7 nitrogen and oxygen atoms in total. The van der Waals surface area contributed by atoms with Crippen LogP contribution >= 0.6 is 7.14 Å². The van der Waals surface area contributed by atoms with Gasteiger partial charge in [-0.25, -0.2) is 9.97 Å². The standard InChI is InChI=1S/C29H34N5O2P/c1-37(35)17-15-33(16-18-37)22-9-11-23(12-10-22)34-19-26(27-28(30)31-20-32-29(27)34)21-7-13-25(14-8-21)36-24-5-3-2-4-6-24/h2-8,13-14,19-20,22-23H,9-12,15-18H2,1H3,(H2,30,31,32)/t22-,23+. The first-order valence-electron chi connectivity index (χ1n) is 13.2. The van der Waals surface area contributed by atoms with Crippen molar-refractivity contribution in [3.05, 3.63) is 67.1 Å². The molecule has 0 spiro atoms. The van der Waals surface area contributed by atoms with E-state index in [1.54, 1.807) is 6.33 Å². The molecule has 0 atom stereocenters. The van der Waals surface area contributed by atoms with Crippen molar-refractivity contribution < 1.29 is 9.30 Å². The van der Waals surface area contributed by atoms with Crippen LogP contribution in [0.5, 0.6) is 11.5 Å². The molecular formula is C29H34N5O2P. The molecule has 1 aliphatic heterocycles. The van der Waals surface area contributed by atoms with E-state index in [2.05, 4.69) is 37.8 Å². The summed E-state index contributed by atoms with van der Waals surface area (Å²) in [6.45, 7) is 3.92. The van der Waals surface area contributed by atoms with E-state index in [9.17, 15) is 4.57 Å². The summed E-state index contributed by atoms with van der Waals surface area (Å²) in [5.41, 5.74) is 9.41. The maximum absolute atomic E-state index is 12.4. The van der Waals surface area contributed by atoms with Crippen LogP contribution in [0.1, 0.15) is 31.7 Å². The highest BCUT2D eigenvalue weighted by Crippen LogP contribution is 2.45. The molecule has 1 saturated heterocycles. The van der Waals surface area contributed by atoms with Crippen LogP contribution < -0.4 is 10.5 Å². The fourth-order valence-electron chi connectivity index (χ4n) is 5.90. The van der Waals surface area contributed by atoms with Gasteiger partial charge in [0, 0.05) is 49.3 Å². The molecule has 0 amide bonds. The Hall–Kier alpha value is -3.15. The van der Waals surface area contributed by atoms with Crippen LogP contribution in [0.3, 0.4) is 0 Å². The zero-order valence-electron chi connectivity index (χ0n) is 21.3. The number of para-hydroxylation sites is 1. The van der Waals surface area contributed by atoms with Crippen LogP contribution in [0, 0.1) is 0 Å². The van der Waals surface area contributed by atoms with Crippen molar-refractivity contribution in [3.8, 4) is 22.6 Å².